The van der Waals surface area contributed by atoms with Crippen LogP contribution in [0.3, 0.4) is 0 Å². The maximum absolute atomic E-state index is 12.1. The van der Waals surface area contributed by atoms with Crippen molar-refractivity contribution in [3.8, 4) is 0 Å². The van der Waals surface area contributed by atoms with Crippen LogP contribution >= 0.6 is 0 Å². The van der Waals surface area contributed by atoms with Gasteiger partial charge in [-0.15, -0.1) is 0 Å². The quantitative estimate of drug-likeness (QED) is 0.811. The molecule has 1 aliphatic carbocycles. The molecule has 92 valence electrons. The number of hydrogen-bond acceptors (Lipinski definition) is 2. The molecule has 0 aliphatic heterocycles. The highest BCUT2D eigenvalue weighted by atomic mass is 16.1. The molecule has 0 saturated heterocycles. The minimum atomic E-state index is -0.225. The molecule has 1 aromatic carbocycles. The summed E-state index contributed by atoms with van der Waals surface area (Å²) in [7, 11) is 0. The maximum Gasteiger partial charge on any atom is 0.229 e. The summed E-state index contributed by atoms with van der Waals surface area (Å²) in [5.41, 5.74) is 6.71. The van der Waals surface area contributed by atoms with E-state index < -0.39 is 0 Å². The Labute approximate surface area is 102 Å². The summed E-state index contributed by atoms with van der Waals surface area (Å²) in [6, 6.07) is 10.0. The topological polar surface area (TPSA) is 55.1 Å². The van der Waals surface area contributed by atoms with Crippen molar-refractivity contribution in [1.29, 1.82) is 0 Å². The van der Waals surface area contributed by atoms with Crippen LogP contribution in [0.5, 0.6) is 0 Å². The zero-order valence-corrected chi connectivity index (χ0v) is 10.2. The van der Waals surface area contributed by atoms with Crippen molar-refractivity contribution >= 4 is 5.91 Å². The Kier molecular flexibility index (Phi) is 3.79. The van der Waals surface area contributed by atoms with Gasteiger partial charge in [0.15, 0.2) is 0 Å². The number of carbonyl (C=O) groups excluding carboxylic acids is 1. The summed E-state index contributed by atoms with van der Waals surface area (Å²) in [6.45, 7) is 2.43. The number of carbonyl (C=O) groups is 1. The fourth-order valence-electron chi connectivity index (χ4n) is 2.12. The zero-order valence-electron chi connectivity index (χ0n) is 10.2. The van der Waals surface area contributed by atoms with E-state index in [1.807, 2.05) is 30.3 Å². The molecule has 17 heavy (non-hydrogen) atoms. The monoisotopic (exact) mass is 232 g/mol. The third kappa shape index (κ3) is 3.07. The molecule has 2 rings (SSSR count). The van der Waals surface area contributed by atoms with Crippen LogP contribution in [-0.4, -0.2) is 18.5 Å². The van der Waals surface area contributed by atoms with Crippen LogP contribution in [0.4, 0.5) is 0 Å². The van der Waals surface area contributed by atoms with Gasteiger partial charge in [-0.1, -0.05) is 30.3 Å². The summed E-state index contributed by atoms with van der Waals surface area (Å²) in [5, 5.41) is 3.07. The Morgan fingerprint density at radius 3 is 2.59 bits per heavy atom. The first-order chi connectivity index (χ1) is 8.22. The van der Waals surface area contributed by atoms with Crippen LogP contribution < -0.4 is 11.1 Å². The van der Waals surface area contributed by atoms with Crippen LogP contribution in [0.15, 0.2) is 30.3 Å². The first-order valence-corrected chi connectivity index (χ1v) is 6.27. The minimum Gasteiger partial charge on any atom is -0.353 e. The van der Waals surface area contributed by atoms with Crippen LogP contribution in [0.2, 0.25) is 0 Å². The van der Waals surface area contributed by atoms with Gasteiger partial charge in [-0.25, -0.2) is 0 Å². The van der Waals surface area contributed by atoms with Gasteiger partial charge in [0.05, 0.1) is 5.92 Å². The Balaban J connectivity index is 2.00. The average Bonchev–Trinajstić information content (AvgIpc) is 3.15. The lowest BCUT2D eigenvalue weighted by molar-refractivity contribution is -0.123. The minimum absolute atomic E-state index is 0.0538. The van der Waals surface area contributed by atoms with Crippen molar-refractivity contribution in [1.82, 2.24) is 5.32 Å². The van der Waals surface area contributed by atoms with Gasteiger partial charge in [-0.2, -0.15) is 0 Å². The summed E-state index contributed by atoms with van der Waals surface area (Å²) < 4.78 is 0. The second-order valence-electron chi connectivity index (χ2n) is 4.83. The van der Waals surface area contributed by atoms with Crippen molar-refractivity contribution in [2.45, 2.75) is 31.7 Å². The van der Waals surface area contributed by atoms with Gasteiger partial charge >= 0.3 is 0 Å². The maximum atomic E-state index is 12.1. The molecule has 0 aromatic heterocycles. The predicted octanol–water partition coefficient (Wildman–Crippen LogP) is 1.64. The van der Waals surface area contributed by atoms with Crippen LogP contribution in [0, 0.1) is 5.92 Å². The number of hydrogen-bond donors (Lipinski definition) is 2. The fourth-order valence-corrected chi connectivity index (χ4v) is 2.12. The summed E-state index contributed by atoms with van der Waals surface area (Å²) >= 11 is 0. The number of nitrogens with one attached hydrogen (secondary N) is 1. The Hall–Kier alpha value is -1.35. The van der Waals surface area contributed by atoms with Crippen LogP contribution in [0.25, 0.3) is 0 Å². The lowest BCUT2D eigenvalue weighted by atomic mass is 9.98. The standard InChI is InChI=1S/C14H20N2O/c1-10(11-7-8-11)16-14(17)13(9-15)12-5-3-2-4-6-12/h2-6,10-11,13H,7-9,15H2,1H3,(H,16,17). The van der Waals surface area contributed by atoms with E-state index >= 15 is 0 Å². The molecule has 1 amide bonds. The van der Waals surface area contributed by atoms with Gasteiger partial charge in [0.2, 0.25) is 5.91 Å². The second kappa shape index (κ2) is 5.32. The largest absolute Gasteiger partial charge is 0.353 e. The van der Waals surface area contributed by atoms with Gasteiger partial charge in [0, 0.05) is 12.6 Å². The molecule has 0 radical (unpaired) electrons. The smallest absolute Gasteiger partial charge is 0.229 e. The van der Waals surface area contributed by atoms with E-state index in [2.05, 4.69) is 12.2 Å². The van der Waals surface area contributed by atoms with E-state index in [4.69, 9.17) is 5.73 Å². The zero-order chi connectivity index (χ0) is 12.3. The summed E-state index contributed by atoms with van der Waals surface area (Å²) in [5.74, 6) is 0.503. The van der Waals surface area contributed by atoms with E-state index in [-0.39, 0.29) is 17.9 Å². The average molecular weight is 232 g/mol. The van der Waals surface area contributed by atoms with E-state index in [1.54, 1.807) is 0 Å². The van der Waals surface area contributed by atoms with Gasteiger partial charge in [-0.05, 0) is 31.2 Å². The van der Waals surface area contributed by atoms with E-state index in [9.17, 15) is 4.79 Å². The van der Waals surface area contributed by atoms with E-state index in [0.717, 1.165) is 5.56 Å². The van der Waals surface area contributed by atoms with Gasteiger partial charge in [-0.3, -0.25) is 4.79 Å². The molecule has 3 N–H and O–H groups in total. The summed E-state index contributed by atoms with van der Waals surface area (Å²) in [6.07, 6.45) is 2.47. The Morgan fingerprint density at radius 2 is 2.06 bits per heavy atom. The number of amides is 1. The van der Waals surface area contributed by atoms with Crippen molar-refractivity contribution in [2.75, 3.05) is 6.54 Å². The molecule has 1 saturated carbocycles. The molecule has 0 heterocycles. The lowest BCUT2D eigenvalue weighted by Gasteiger charge is -2.19. The molecule has 0 bridgehead atoms. The second-order valence-corrected chi connectivity index (χ2v) is 4.83. The fraction of sp³-hybridized carbons (Fsp3) is 0.500. The number of nitrogens with two attached hydrogens (primary N) is 1. The van der Waals surface area contributed by atoms with Crippen molar-refractivity contribution < 1.29 is 4.79 Å². The Bertz CT molecular complexity index is 373. The predicted molar refractivity (Wildman–Crippen MR) is 68.6 cm³/mol. The van der Waals surface area contributed by atoms with Gasteiger partial charge < -0.3 is 11.1 Å². The van der Waals surface area contributed by atoms with Crippen LogP contribution in [0.1, 0.15) is 31.2 Å². The van der Waals surface area contributed by atoms with Crippen LogP contribution in [-0.2, 0) is 4.79 Å². The highest BCUT2D eigenvalue weighted by molar-refractivity contribution is 5.84. The number of benzene rings is 1. The normalized spacial score (nSPS) is 18.5. The van der Waals surface area contributed by atoms with Crippen molar-refractivity contribution in [3.05, 3.63) is 35.9 Å². The SMILES string of the molecule is CC(NC(=O)C(CN)c1ccccc1)C1CC1. The lowest BCUT2D eigenvalue weighted by Crippen LogP contribution is -2.39. The summed E-state index contributed by atoms with van der Waals surface area (Å²) in [4.78, 5) is 12.1. The third-order valence-electron chi connectivity index (χ3n) is 3.45. The molecule has 2 unspecified atom stereocenters. The molecular weight excluding hydrogens is 212 g/mol. The van der Waals surface area contributed by atoms with E-state index in [0.29, 0.717) is 12.5 Å². The molecule has 2 atom stereocenters. The molecule has 1 aromatic rings. The first kappa shape index (κ1) is 12.1. The van der Waals surface area contributed by atoms with E-state index in [1.165, 1.54) is 12.8 Å². The molecule has 0 spiro atoms. The first-order valence-electron chi connectivity index (χ1n) is 6.27. The number of rotatable bonds is 5. The third-order valence-corrected chi connectivity index (χ3v) is 3.45. The molecular formula is C14H20N2O. The highest BCUT2D eigenvalue weighted by Gasteiger charge is 2.30. The molecule has 3 nitrogen and oxygen atoms in total. The highest BCUT2D eigenvalue weighted by Crippen LogP contribution is 2.32. The van der Waals surface area contributed by atoms with Gasteiger partial charge in [0.1, 0.15) is 0 Å². The van der Waals surface area contributed by atoms with Gasteiger partial charge in [0.25, 0.3) is 0 Å². The van der Waals surface area contributed by atoms with Crippen molar-refractivity contribution in [2.24, 2.45) is 11.7 Å². The van der Waals surface area contributed by atoms with Crippen molar-refractivity contribution in [3.63, 3.8) is 0 Å². The Morgan fingerprint density at radius 1 is 1.41 bits per heavy atom. The molecule has 1 fully saturated rings. The molecule has 1 aliphatic rings. The molecule has 3 heteroatoms.